The molecule has 0 aromatic heterocycles. The van der Waals surface area contributed by atoms with Gasteiger partial charge in [-0.2, -0.15) is 0 Å². The van der Waals surface area contributed by atoms with Crippen molar-refractivity contribution in [2.24, 2.45) is 11.8 Å². The van der Waals surface area contributed by atoms with Gasteiger partial charge in [-0.1, -0.05) is 38.1 Å². The molecule has 0 amide bonds. The Bertz CT molecular complexity index is 411. The smallest absolute Gasteiger partial charge is 0.0320 e. The molecule has 3 rings (SSSR count). The molecule has 1 N–H and O–H groups in total. The van der Waals surface area contributed by atoms with Crippen molar-refractivity contribution in [1.29, 1.82) is 0 Å². The number of likely N-dealkylation sites (tertiary alicyclic amines) is 1. The van der Waals surface area contributed by atoms with Gasteiger partial charge in [-0.15, -0.1) is 0 Å². The zero-order valence-corrected chi connectivity index (χ0v) is 12.4. The summed E-state index contributed by atoms with van der Waals surface area (Å²) < 4.78 is 0. The molecule has 2 fully saturated rings. The normalized spacial score (nSPS) is 28.8. The lowest BCUT2D eigenvalue weighted by molar-refractivity contribution is 0.244. The fraction of sp³-hybridized carbons (Fsp3) is 0.647. The maximum atomic E-state index is 3.52. The molecule has 2 aliphatic rings. The first kappa shape index (κ1) is 13.1. The highest BCUT2D eigenvalue weighted by molar-refractivity contribution is 5.26. The second-order valence-corrected chi connectivity index (χ2v) is 6.63. The molecular formula is C17H26N2. The van der Waals surface area contributed by atoms with Crippen LogP contribution in [0.25, 0.3) is 0 Å². The van der Waals surface area contributed by atoms with E-state index < -0.39 is 0 Å². The Kier molecular flexibility index (Phi) is 3.64. The van der Waals surface area contributed by atoms with Crippen LogP contribution in [0.5, 0.6) is 0 Å². The summed E-state index contributed by atoms with van der Waals surface area (Å²) in [7, 11) is 0. The molecule has 0 saturated carbocycles. The van der Waals surface area contributed by atoms with Crippen molar-refractivity contribution in [2.75, 3.05) is 26.2 Å². The Morgan fingerprint density at radius 1 is 0.947 bits per heavy atom. The fourth-order valence-corrected chi connectivity index (χ4v) is 3.58. The topological polar surface area (TPSA) is 15.3 Å². The van der Waals surface area contributed by atoms with E-state index in [2.05, 4.69) is 55.3 Å². The third kappa shape index (κ3) is 2.56. The zero-order chi connectivity index (χ0) is 13.4. The largest absolute Gasteiger partial charge is 0.316 e. The lowest BCUT2D eigenvalue weighted by Crippen LogP contribution is -2.28. The second kappa shape index (κ2) is 5.26. The van der Waals surface area contributed by atoms with Gasteiger partial charge in [0, 0.05) is 19.1 Å². The summed E-state index contributed by atoms with van der Waals surface area (Å²) in [4.78, 5) is 2.67. The molecule has 2 saturated heterocycles. The average molecular weight is 258 g/mol. The molecule has 19 heavy (non-hydrogen) atoms. The minimum absolute atomic E-state index is 0.562. The van der Waals surface area contributed by atoms with Gasteiger partial charge in [0.2, 0.25) is 0 Å². The maximum Gasteiger partial charge on any atom is 0.0320 e. The molecular weight excluding hydrogens is 232 g/mol. The second-order valence-electron chi connectivity index (χ2n) is 6.63. The van der Waals surface area contributed by atoms with Crippen molar-refractivity contribution < 1.29 is 0 Å². The highest BCUT2D eigenvalue weighted by Crippen LogP contribution is 2.33. The predicted molar refractivity (Wildman–Crippen MR) is 80.4 cm³/mol. The van der Waals surface area contributed by atoms with Gasteiger partial charge in [-0.3, -0.25) is 4.90 Å². The van der Waals surface area contributed by atoms with Gasteiger partial charge in [0.05, 0.1) is 0 Å². The van der Waals surface area contributed by atoms with E-state index >= 15 is 0 Å². The standard InChI is InChI=1S/C17H26N2/c1-12(2)14-4-6-15(7-5-14)13(3)19-10-16-8-18-9-17(16)11-19/h4-7,12-13,16-18H,8-11H2,1-3H3/t13?,16-,17+. The van der Waals surface area contributed by atoms with Gasteiger partial charge in [0.25, 0.3) is 0 Å². The van der Waals surface area contributed by atoms with Crippen LogP contribution < -0.4 is 5.32 Å². The lowest BCUT2D eigenvalue weighted by atomic mass is 9.99. The number of nitrogens with one attached hydrogen (secondary N) is 1. The average Bonchev–Trinajstić information content (AvgIpc) is 2.98. The number of nitrogens with zero attached hydrogens (tertiary/aromatic N) is 1. The Labute approximate surface area is 117 Å². The SMILES string of the molecule is CC(C)c1ccc(C(C)N2C[C@H]3CNC[C@H]3C2)cc1. The molecule has 0 spiro atoms. The quantitative estimate of drug-likeness (QED) is 0.896. The first-order valence-corrected chi connectivity index (χ1v) is 7.69. The highest BCUT2D eigenvalue weighted by atomic mass is 15.2. The van der Waals surface area contributed by atoms with Gasteiger partial charge < -0.3 is 5.32 Å². The fourth-order valence-electron chi connectivity index (χ4n) is 3.58. The van der Waals surface area contributed by atoms with E-state index in [-0.39, 0.29) is 0 Å². The monoisotopic (exact) mass is 258 g/mol. The minimum Gasteiger partial charge on any atom is -0.316 e. The number of fused-ring (bicyclic) bond motifs is 1. The molecule has 0 bridgehead atoms. The van der Waals surface area contributed by atoms with E-state index in [0.717, 1.165) is 11.8 Å². The van der Waals surface area contributed by atoms with Crippen LogP contribution in [0.4, 0.5) is 0 Å². The molecule has 1 aromatic carbocycles. The first-order chi connectivity index (χ1) is 9.15. The maximum absolute atomic E-state index is 3.52. The molecule has 1 unspecified atom stereocenters. The van der Waals surface area contributed by atoms with Crippen LogP contribution in [-0.4, -0.2) is 31.1 Å². The molecule has 0 radical (unpaired) electrons. The molecule has 2 nitrogen and oxygen atoms in total. The van der Waals surface area contributed by atoms with E-state index in [0.29, 0.717) is 12.0 Å². The Morgan fingerprint density at radius 2 is 1.47 bits per heavy atom. The first-order valence-electron chi connectivity index (χ1n) is 7.69. The van der Waals surface area contributed by atoms with Crippen LogP contribution in [0.1, 0.15) is 43.9 Å². The lowest BCUT2D eigenvalue weighted by Gasteiger charge is -2.26. The Hall–Kier alpha value is -0.860. The van der Waals surface area contributed by atoms with E-state index in [9.17, 15) is 0 Å². The molecule has 2 heterocycles. The number of hydrogen-bond donors (Lipinski definition) is 1. The summed E-state index contributed by atoms with van der Waals surface area (Å²) in [5.74, 6) is 2.40. The molecule has 104 valence electrons. The number of hydrogen-bond acceptors (Lipinski definition) is 2. The summed E-state index contributed by atoms with van der Waals surface area (Å²) in [5.41, 5.74) is 2.91. The molecule has 0 aliphatic carbocycles. The summed E-state index contributed by atoms with van der Waals surface area (Å²) in [6.07, 6.45) is 0. The summed E-state index contributed by atoms with van der Waals surface area (Å²) in [6.45, 7) is 11.9. The summed E-state index contributed by atoms with van der Waals surface area (Å²) in [5, 5.41) is 3.52. The van der Waals surface area contributed by atoms with Gasteiger partial charge in [0.15, 0.2) is 0 Å². The number of rotatable bonds is 3. The van der Waals surface area contributed by atoms with Crippen molar-refractivity contribution >= 4 is 0 Å². The Morgan fingerprint density at radius 3 is 2.00 bits per heavy atom. The van der Waals surface area contributed by atoms with Gasteiger partial charge in [-0.05, 0) is 48.9 Å². The molecule has 2 heteroatoms. The highest BCUT2D eigenvalue weighted by Gasteiger charge is 2.37. The molecule has 1 aromatic rings. The van der Waals surface area contributed by atoms with Crippen LogP contribution in [0, 0.1) is 11.8 Å². The van der Waals surface area contributed by atoms with Crippen LogP contribution >= 0.6 is 0 Å². The minimum atomic E-state index is 0.562. The summed E-state index contributed by atoms with van der Waals surface area (Å²) >= 11 is 0. The van der Waals surface area contributed by atoms with Crippen LogP contribution in [0.15, 0.2) is 24.3 Å². The van der Waals surface area contributed by atoms with E-state index in [1.54, 1.807) is 0 Å². The van der Waals surface area contributed by atoms with Crippen molar-refractivity contribution in [2.45, 2.75) is 32.7 Å². The third-order valence-electron chi connectivity index (χ3n) is 5.05. The van der Waals surface area contributed by atoms with Gasteiger partial charge >= 0.3 is 0 Å². The summed E-state index contributed by atoms with van der Waals surface area (Å²) in [6, 6.07) is 9.81. The molecule has 2 aliphatic heterocycles. The van der Waals surface area contributed by atoms with Crippen molar-refractivity contribution in [3.05, 3.63) is 35.4 Å². The van der Waals surface area contributed by atoms with Gasteiger partial charge in [-0.25, -0.2) is 0 Å². The van der Waals surface area contributed by atoms with Gasteiger partial charge in [0.1, 0.15) is 0 Å². The van der Waals surface area contributed by atoms with Crippen molar-refractivity contribution in [1.82, 2.24) is 10.2 Å². The van der Waals surface area contributed by atoms with Crippen LogP contribution in [0.3, 0.4) is 0 Å². The van der Waals surface area contributed by atoms with E-state index in [4.69, 9.17) is 0 Å². The number of benzene rings is 1. The van der Waals surface area contributed by atoms with E-state index in [1.807, 2.05) is 0 Å². The van der Waals surface area contributed by atoms with Crippen LogP contribution in [-0.2, 0) is 0 Å². The third-order valence-corrected chi connectivity index (χ3v) is 5.05. The predicted octanol–water partition coefficient (Wildman–Crippen LogP) is 3.02. The molecule has 3 atom stereocenters. The zero-order valence-electron chi connectivity index (χ0n) is 12.4. The Balaban J connectivity index is 1.68. The van der Waals surface area contributed by atoms with E-state index in [1.165, 1.54) is 37.3 Å². The van der Waals surface area contributed by atoms with Crippen molar-refractivity contribution in [3.8, 4) is 0 Å². The van der Waals surface area contributed by atoms with Crippen LogP contribution in [0.2, 0.25) is 0 Å². The van der Waals surface area contributed by atoms with Crippen molar-refractivity contribution in [3.63, 3.8) is 0 Å².